The molecule has 0 N–H and O–H groups in total. The van der Waals surface area contributed by atoms with Crippen molar-refractivity contribution in [2.24, 2.45) is 0 Å². The minimum absolute atomic E-state index is 0.143. The molecular weight excluding hydrogens is 233 g/mol. The van der Waals surface area contributed by atoms with Crippen LogP contribution in [-0.2, 0) is 16.1 Å². The second-order valence-electron chi connectivity index (χ2n) is 5.05. The molecule has 1 aromatic carbocycles. The maximum atomic E-state index is 14.7. The molecule has 1 aromatic rings. The smallest absolute Gasteiger partial charge is 0.179 e. The molecule has 2 saturated heterocycles. The fourth-order valence-electron chi connectivity index (χ4n) is 2.71. The maximum absolute atomic E-state index is 14.7. The van der Waals surface area contributed by atoms with Crippen LogP contribution >= 0.6 is 0 Å². The zero-order valence-electron chi connectivity index (χ0n) is 10.5. The van der Waals surface area contributed by atoms with Crippen molar-refractivity contribution in [3.05, 3.63) is 35.9 Å². The second-order valence-corrected chi connectivity index (χ2v) is 5.05. The van der Waals surface area contributed by atoms with Crippen molar-refractivity contribution in [1.29, 1.82) is 0 Å². The first-order valence-corrected chi connectivity index (χ1v) is 6.49. The lowest BCUT2D eigenvalue weighted by molar-refractivity contribution is -0.228. The summed E-state index contributed by atoms with van der Waals surface area (Å²) in [5.74, 6) is 0. The number of benzene rings is 1. The van der Waals surface area contributed by atoms with Crippen LogP contribution < -0.4 is 0 Å². The average Bonchev–Trinajstić information content (AvgIpc) is 2.76. The van der Waals surface area contributed by atoms with E-state index in [0.717, 1.165) is 5.56 Å². The molecule has 0 saturated carbocycles. The van der Waals surface area contributed by atoms with Crippen LogP contribution in [0.2, 0.25) is 0 Å². The number of hydrogen-bond donors (Lipinski definition) is 0. The van der Waals surface area contributed by atoms with E-state index in [4.69, 9.17) is 9.57 Å². The molecule has 0 aromatic heterocycles. The number of ether oxygens (including phenoxy) is 1. The van der Waals surface area contributed by atoms with Gasteiger partial charge < -0.3 is 4.74 Å². The van der Waals surface area contributed by atoms with Gasteiger partial charge in [0.05, 0.1) is 12.6 Å². The van der Waals surface area contributed by atoms with E-state index in [1.807, 2.05) is 37.3 Å². The average molecular weight is 251 g/mol. The molecule has 98 valence electrons. The molecule has 2 bridgehead atoms. The van der Waals surface area contributed by atoms with Gasteiger partial charge in [0.15, 0.2) is 12.0 Å². The van der Waals surface area contributed by atoms with Gasteiger partial charge in [-0.05, 0) is 12.0 Å². The van der Waals surface area contributed by atoms with E-state index < -0.39 is 5.67 Å². The molecule has 3 rings (SSSR count). The third-order valence-corrected chi connectivity index (χ3v) is 3.89. The standard InChI is InChI=1S/C14H18FNO2/c1-2-14(15)10-17-13-8-12(14)16(18-13)9-11-6-4-3-5-7-11/h3-7,12-13H,2,8-10H2,1H3. The van der Waals surface area contributed by atoms with E-state index >= 15 is 0 Å². The summed E-state index contributed by atoms with van der Waals surface area (Å²) in [6.07, 6.45) is 0.810. The van der Waals surface area contributed by atoms with Gasteiger partial charge in [-0.3, -0.25) is 4.84 Å². The van der Waals surface area contributed by atoms with Gasteiger partial charge in [-0.15, -0.1) is 0 Å². The minimum atomic E-state index is -1.29. The largest absolute Gasteiger partial charge is 0.347 e. The number of rotatable bonds is 3. The van der Waals surface area contributed by atoms with Crippen molar-refractivity contribution < 1.29 is 14.0 Å². The molecule has 2 aliphatic heterocycles. The highest BCUT2D eigenvalue weighted by Crippen LogP contribution is 2.40. The molecule has 3 atom stereocenters. The van der Waals surface area contributed by atoms with Crippen LogP contribution in [0.1, 0.15) is 25.3 Å². The highest BCUT2D eigenvalue weighted by Gasteiger charge is 2.52. The molecule has 0 radical (unpaired) electrons. The molecule has 0 aliphatic carbocycles. The monoisotopic (exact) mass is 251 g/mol. The predicted octanol–water partition coefficient (Wildman–Crippen LogP) is 2.67. The molecule has 18 heavy (non-hydrogen) atoms. The van der Waals surface area contributed by atoms with Crippen molar-refractivity contribution in [3.63, 3.8) is 0 Å². The Bertz CT molecular complexity index is 414. The van der Waals surface area contributed by atoms with Crippen LogP contribution in [0.5, 0.6) is 0 Å². The van der Waals surface area contributed by atoms with Crippen LogP contribution in [0, 0.1) is 0 Å². The highest BCUT2D eigenvalue weighted by atomic mass is 19.1. The number of nitrogens with zero attached hydrogens (tertiary/aromatic N) is 1. The van der Waals surface area contributed by atoms with Gasteiger partial charge in [0, 0.05) is 13.0 Å². The summed E-state index contributed by atoms with van der Waals surface area (Å²) in [5.41, 5.74) is -0.162. The quantitative estimate of drug-likeness (QED) is 0.824. The zero-order valence-corrected chi connectivity index (χ0v) is 10.5. The Morgan fingerprint density at radius 2 is 2.17 bits per heavy atom. The van der Waals surface area contributed by atoms with Crippen LogP contribution in [0.25, 0.3) is 0 Å². The normalized spacial score (nSPS) is 35.9. The van der Waals surface area contributed by atoms with Crippen LogP contribution in [0.4, 0.5) is 4.39 Å². The van der Waals surface area contributed by atoms with Gasteiger partial charge in [0.2, 0.25) is 0 Å². The lowest BCUT2D eigenvalue weighted by Crippen LogP contribution is -2.50. The molecule has 2 fully saturated rings. The van der Waals surface area contributed by atoms with Gasteiger partial charge >= 0.3 is 0 Å². The maximum Gasteiger partial charge on any atom is 0.179 e. The number of hydroxylamine groups is 2. The van der Waals surface area contributed by atoms with E-state index in [-0.39, 0.29) is 18.9 Å². The summed E-state index contributed by atoms with van der Waals surface area (Å²) in [6, 6.07) is 9.80. The third kappa shape index (κ3) is 2.05. The summed E-state index contributed by atoms with van der Waals surface area (Å²) in [4.78, 5) is 5.66. The Morgan fingerprint density at radius 1 is 1.39 bits per heavy atom. The first kappa shape index (κ1) is 12.1. The van der Waals surface area contributed by atoms with Crippen molar-refractivity contribution in [2.45, 2.75) is 44.3 Å². The predicted molar refractivity (Wildman–Crippen MR) is 65.3 cm³/mol. The van der Waals surface area contributed by atoms with Gasteiger partial charge in [-0.1, -0.05) is 37.3 Å². The lowest BCUT2D eigenvalue weighted by Gasteiger charge is -2.35. The summed E-state index contributed by atoms with van der Waals surface area (Å²) in [7, 11) is 0. The number of alkyl halides is 1. The minimum Gasteiger partial charge on any atom is -0.347 e. The van der Waals surface area contributed by atoms with E-state index in [2.05, 4.69) is 0 Å². The Balaban J connectivity index is 1.77. The number of fused-ring (bicyclic) bond motifs is 2. The summed E-state index contributed by atoms with van der Waals surface area (Å²) in [5, 5.41) is 1.76. The summed E-state index contributed by atoms with van der Waals surface area (Å²) in [6.45, 7) is 2.61. The second kappa shape index (κ2) is 4.61. The summed E-state index contributed by atoms with van der Waals surface area (Å²) < 4.78 is 20.1. The van der Waals surface area contributed by atoms with E-state index in [9.17, 15) is 4.39 Å². The van der Waals surface area contributed by atoms with Crippen molar-refractivity contribution in [1.82, 2.24) is 5.06 Å². The first-order chi connectivity index (χ1) is 8.71. The fourth-order valence-corrected chi connectivity index (χ4v) is 2.71. The van der Waals surface area contributed by atoms with Gasteiger partial charge in [-0.25, -0.2) is 4.39 Å². The van der Waals surface area contributed by atoms with Crippen molar-refractivity contribution in [2.75, 3.05) is 6.61 Å². The van der Waals surface area contributed by atoms with Crippen LogP contribution in [0.15, 0.2) is 30.3 Å². The molecule has 4 heteroatoms. The van der Waals surface area contributed by atoms with Gasteiger partial charge in [-0.2, -0.15) is 5.06 Å². The van der Waals surface area contributed by atoms with Crippen LogP contribution in [0.3, 0.4) is 0 Å². The number of halogens is 1. The molecule has 3 nitrogen and oxygen atoms in total. The Morgan fingerprint density at radius 3 is 2.89 bits per heavy atom. The summed E-state index contributed by atoms with van der Waals surface area (Å²) >= 11 is 0. The first-order valence-electron chi connectivity index (χ1n) is 6.49. The molecule has 2 aliphatic rings. The Kier molecular flexibility index (Phi) is 3.09. The molecular formula is C14H18FNO2. The van der Waals surface area contributed by atoms with Crippen LogP contribution in [-0.4, -0.2) is 29.7 Å². The molecule has 2 heterocycles. The van der Waals surface area contributed by atoms with E-state index in [1.165, 1.54) is 0 Å². The third-order valence-electron chi connectivity index (χ3n) is 3.89. The number of hydrogen-bond acceptors (Lipinski definition) is 3. The fraction of sp³-hybridized carbons (Fsp3) is 0.571. The highest BCUT2D eigenvalue weighted by molar-refractivity contribution is 5.15. The Hall–Kier alpha value is -0.970. The topological polar surface area (TPSA) is 21.7 Å². The Labute approximate surface area is 106 Å². The van der Waals surface area contributed by atoms with Gasteiger partial charge in [0.1, 0.15) is 0 Å². The van der Waals surface area contributed by atoms with Gasteiger partial charge in [0.25, 0.3) is 0 Å². The van der Waals surface area contributed by atoms with Crippen molar-refractivity contribution >= 4 is 0 Å². The molecule has 3 unspecified atom stereocenters. The molecule has 0 amide bonds. The molecule has 0 spiro atoms. The van der Waals surface area contributed by atoms with Crippen molar-refractivity contribution in [3.8, 4) is 0 Å². The van der Waals surface area contributed by atoms with E-state index in [0.29, 0.717) is 19.4 Å². The zero-order chi connectivity index (χ0) is 12.6. The lowest BCUT2D eigenvalue weighted by atomic mass is 9.90. The SMILES string of the molecule is CCC1(F)COC2CC1N(Cc1ccccc1)O2. The van der Waals surface area contributed by atoms with E-state index in [1.54, 1.807) is 5.06 Å².